The van der Waals surface area contributed by atoms with Crippen LogP contribution in [0.3, 0.4) is 0 Å². The average Bonchev–Trinajstić information content (AvgIpc) is 2.10. The van der Waals surface area contributed by atoms with Crippen LogP contribution in [-0.4, -0.2) is 40.0 Å². The van der Waals surface area contributed by atoms with Gasteiger partial charge in [-0.25, -0.2) is 0 Å². The molecule has 0 aromatic rings. The van der Waals surface area contributed by atoms with Crippen LogP contribution in [0, 0.1) is 12.3 Å². The first kappa shape index (κ1) is 11.4. The van der Waals surface area contributed by atoms with Crippen LogP contribution >= 0.6 is 0 Å². The lowest BCUT2D eigenvalue weighted by Gasteiger charge is -2.12. The number of hydrogen-bond donors (Lipinski definition) is 1. The summed E-state index contributed by atoms with van der Waals surface area (Å²) in [6.45, 7) is 1.90. The second-order valence-electron chi connectivity index (χ2n) is 2.46. The fraction of sp³-hybridized carbons (Fsp3) is 0.778. The molecule has 3 nitrogen and oxygen atoms in total. The number of terminal acetylenes is 1. The van der Waals surface area contributed by atoms with Crippen LogP contribution in [0.15, 0.2) is 0 Å². The Morgan fingerprint density at radius 3 is 2.75 bits per heavy atom. The van der Waals surface area contributed by atoms with Crippen molar-refractivity contribution in [2.75, 3.05) is 34.0 Å². The molecule has 0 bridgehead atoms. The molecule has 0 spiro atoms. The van der Waals surface area contributed by atoms with Gasteiger partial charge in [-0.15, -0.1) is 12.3 Å². The van der Waals surface area contributed by atoms with Crippen molar-refractivity contribution >= 4 is 0 Å². The predicted octanol–water partition coefficient (Wildman–Crippen LogP) is 0.261. The highest BCUT2D eigenvalue weighted by atomic mass is 16.5. The van der Waals surface area contributed by atoms with Crippen molar-refractivity contribution in [3.05, 3.63) is 0 Å². The van der Waals surface area contributed by atoms with E-state index in [1.54, 1.807) is 7.11 Å². The lowest BCUT2D eigenvalue weighted by atomic mass is 10.2. The minimum atomic E-state index is 0.256. The third-order valence-corrected chi connectivity index (χ3v) is 1.52. The van der Waals surface area contributed by atoms with Gasteiger partial charge in [-0.3, -0.25) is 0 Å². The van der Waals surface area contributed by atoms with E-state index >= 15 is 0 Å². The summed E-state index contributed by atoms with van der Waals surface area (Å²) in [4.78, 5) is 0. The Kier molecular flexibility index (Phi) is 8.14. The maximum atomic E-state index is 5.30. The fourth-order valence-corrected chi connectivity index (χ4v) is 0.754. The highest BCUT2D eigenvalue weighted by molar-refractivity contribution is 4.89. The first-order valence-electron chi connectivity index (χ1n) is 4.02. The summed E-state index contributed by atoms with van der Waals surface area (Å²) in [7, 11) is 3.53. The van der Waals surface area contributed by atoms with Crippen LogP contribution in [0.25, 0.3) is 0 Å². The third kappa shape index (κ3) is 6.17. The standard InChI is InChI=1S/C9H17NO2/c1-4-5-9(10-2)8-12-7-6-11-3/h1,9-10H,5-8H2,2-3H3. The molecule has 1 atom stereocenters. The molecule has 0 aromatic carbocycles. The number of hydrogen-bond acceptors (Lipinski definition) is 3. The van der Waals surface area contributed by atoms with Crippen LogP contribution in [0.4, 0.5) is 0 Å². The lowest BCUT2D eigenvalue weighted by Crippen LogP contribution is -2.30. The summed E-state index contributed by atoms with van der Waals surface area (Å²) in [6, 6.07) is 0.256. The van der Waals surface area contributed by atoms with E-state index in [-0.39, 0.29) is 6.04 Å². The minimum Gasteiger partial charge on any atom is -0.382 e. The fourth-order valence-electron chi connectivity index (χ4n) is 0.754. The lowest BCUT2D eigenvalue weighted by molar-refractivity contribution is 0.0604. The molecule has 0 aliphatic heterocycles. The molecule has 0 amide bonds. The van der Waals surface area contributed by atoms with Crippen LogP contribution in [0.5, 0.6) is 0 Å². The summed E-state index contributed by atoms with van der Waals surface area (Å²) in [6.07, 6.45) is 5.86. The first-order chi connectivity index (χ1) is 5.85. The second-order valence-corrected chi connectivity index (χ2v) is 2.46. The number of rotatable bonds is 7. The summed E-state index contributed by atoms with van der Waals surface area (Å²) < 4.78 is 10.1. The van der Waals surface area contributed by atoms with Gasteiger partial charge in [0.05, 0.1) is 19.8 Å². The van der Waals surface area contributed by atoms with Gasteiger partial charge in [0.1, 0.15) is 0 Å². The maximum Gasteiger partial charge on any atom is 0.0701 e. The van der Waals surface area contributed by atoms with Crippen molar-refractivity contribution in [1.29, 1.82) is 0 Å². The van der Waals surface area contributed by atoms with E-state index in [9.17, 15) is 0 Å². The highest BCUT2D eigenvalue weighted by Gasteiger charge is 2.02. The van der Waals surface area contributed by atoms with Crippen LogP contribution in [0.1, 0.15) is 6.42 Å². The molecular formula is C9H17NO2. The molecule has 0 aromatic heterocycles. The molecule has 0 radical (unpaired) electrons. The molecule has 1 N–H and O–H groups in total. The summed E-state index contributed by atoms with van der Waals surface area (Å²) in [5, 5.41) is 3.07. The zero-order valence-electron chi connectivity index (χ0n) is 7.80. The van der Waals surface area contributed by atoms with Crippen LogP contribution in [0.2, 0.25) is 0 Å². The van der Waals surface area contributed by atoms with Crippen molar-refractivity contribution < 1.29 is 9.47 Å². The Bertz CT molecular complexity index is 131. The molecule has 0 heterocycles. The number of methoxy groups -OCH3 is 1. The predicted molar refractivity (Wildman–Crippen MR) is 49.0 cm³/mol. The molecule has 0 aliphatic carbocycles. The maximum absolute atomic E-state index is 5.30. The molecule has 0 saturated heterocycles. The van der Waals surface area contributed by atoms with Gasteiger partial charge < -0.3 is 14.8 Å². The Morgan fingerprint density at radius 1 is 1.50 bits per heavy atom. The van der Waals surface area contributed by atoms with E-state index < -0.39 is 0 Å². The number of nitrogens with one attached hydrogen (secondary N) is 1. The van der Waals surface area contributed by atoms with Gasteiger partial charge in [0, 0.05) is 19.6 Å². The monoisotopic (exact) mass is 171 g/mol. The van der Waals surface area contributed by atoms with Gasteiger partial charge >= 0.3 is 0 Å². The molecule has 3 heteroatoms. The Balaban J connectivity index is 3.26. The van der Waals surface area contributed by atoms with Crippen molar-refractivity contribution in [2.45, 2.75) is 12.5 Å². The minimum absolute atomic E-state index is 0.256. The van der Waals surface area contributed by atoms with Crippen LogP contribution < -0.4 is 5.32 Å². The highest BCUT2D eigenvalue weighted by Crippen LogP contribution is 1.90. The van der Waals surface area contributed by atoms with Gasteiger partial charge in [0.15, 0.2) is 0 Å². The largest absolute Gasteiger partial charge is 0.382 e. The van der Waals surface area contributed by atoms with Gasteiger partial charge in [-0.1, -0.05) is 0 Å². The second kappa shape index (κ2) is 8.54. The third-order valence-electron chi connectivity index (χ3n) is 1.52. The summed E-state index contributed by atoms with van der Waals surface area (Å²) in [5.41, 5.74) is 0. The molecule has 12 heavy (non-hydrogen) atoms. The van der Waals surface area contributed by atoms with Crippen molar-refractivity contribution in [3.8, 4) is 12.3 Å². The Hall–Kier alpha value is -0.560. The van der Waals surface area contributed by atoms with E-state index in [0.717, 1.165) is 0 Å². The van der Waals surface area contributed by atoms with Gasteiger partial charge in [-0.05, 0) is 7.05 Å². The number of likely N-dealkylation sites (N-methyl/N-ethyl adjacent to an activating group) is 1. The zero-order chi connectivity index (χ0) is 9.23. The SMILES string of the molecule is C#CCC(COCCOC)NC. The molecule has 0 saturated carbocycles. The number of ether oxygens (including phenoxy) is 2. The van der Waals surface area contributed by atoms with E-state index in [4.69, 9.17) is 15.9 Å². The van der Waals surface area contributed by atoms with Gasteiger partial charge in [-0.2, -0.15) is 0 Å². The topological polar surface area (TPSA) is 30.5 Å². The molecule has 70 valence electrons. The smallest absolute Gasteiger partial charge is 0.0701 e. The van der Waals surface area contributed by atoms with Gasteiger partial charge in [0.2, 0.25) is 0 Å². The Labute approximate surface area is 74.4 Å². The van der Waals surface area contributed by atoms with Crippen molar-refractivity contribution in [2.24, 2.45) is 0 Å². The molecular weight excluding hydrogens is 154 g/mol. The van der Waals surface area contributed by atoms with E-state index in [0.29, 0.717) is 26.2 Å². The average molecular weight is 171 g/mol. The zero-order valence-corrected chi connectivity index (χ0v) is 7.80. The van der Waals surface area contributed by atoms with E-state index in [2.05, 4.69) is 11.2 Å². The van der Waals surface area contributed by atoms with Crippen molar-refractivity contribution in [1.82, 2.24) is 5.32 Å². The first-order valence-corrected chi connectivity index (χ1v) is 4.02. The van der Waals surface area contributed by atoms with Crippen LogP contribution in [-0.2, 0) is 9.47 Å². The summed E-state index contributed by atoms with van der Waals surface area (Å²) >= 11 is 0. The molecule has 0 fully saturated rings. The molecule has 0 aliphatic rings. The molecule has 1 unspecified atom stereocenters. The van der Waals surface area contributed by atoms with E-state index in [1.165, 1.54) is 0 Å². The normalized spacial score (nSPS) is 12.4. The van der Waals surface area contributed by atoms with Gasteiger partial charge in [0.25, 0.3) is 0 Å². The molecule has 0 rings (SSSR count). The quantitative estimate of drug-likeness (QED) is 0.440. The van der Waals surface area contributed by atoms with E-state index in [1.807, 2.05) is 7.05 Å². The summed E-state index contributed by atoms with van der Waals surface area (Å²) in [5.74, 6) is 2.59. The Morgan fingerprint density at radius 2 is 2.25 bits per heavy atom. The van der Waals surface area contributed by atoms with Crippen molar-refractivity contribution in [3.63, 3.8) is 0 Å².